The summed E-state index contributed by atoms with van der Waals surface area (Å²) in [6.45, 7) is 37.4. The van der Waals surface area contributed by atoms with Crippen LogP contribution in [-0.4, -0.2) is 53.2 Å². The Morgan fingerprint density at radius 1 is 0.526 bits per heavy atom. The molecule has 0 aliphatic rings. The van der Waals surface area contributed by atoms with Gasteiger partial charge in [0.05, 0.1) is 6.17 Å². The zero-order valence-corrected chi connectivity index (χ0v) is 29.2. The monoisotopic (exact) mass is 543 g/mol. The first-order chi connectivity index (χ1) is 17.4. The van der Waals surface area contributed by atoms with E-state index >= 15 is 0 Å². The van der Waals surface area contributed by atoms with Crippen molar-refractivity contribution in [1.82, 2.24) is 9.80 Å². The molecule has 4 nitrogen and oxygen atoms in total. The summed E-state index contributed by atoms with van der Waals surface area (Å²) in [7, 11) is 0. The molecule has 0 aromatic rings. The van der Waals surface area contributed by atoms with Crippen molar-refractivity contribution in [3.8, 4) is 0 Å². The topological polar surface area (TPSA) is 58.5 Å². The van der Waals surface area contributed by atoms with E-state index in [4.69, 9.17) is 11.5 Å². The molecule has 0 radical (unpaired) electrons. The lowest BCUT2D eigenvalue weighted by Crippen LogP contribution is -2.39. The minimum absolute atomic E-state index is 0.179. The number of hydrogen-bond acceptors (Lipinski definition) is 4. The zero-order chi connectivity index (χ0) is 30.3. The molecule has 0 aromatic carbocycles. The third-order valence-corrected chi connectivity index (χ3v) is 9.37. The summed E-state index contributed by atoms with van der Waals surface area (Å²) >= 11 is 0. The number of hydrogen-bond donors (Lipinski definition) is 2. The van der Waals surface area contributed by atoms with E-state index in [2.05, 4.69) is 114 Å². The van der Waals surface area contributed by atoms with Crippen LogP contribution < -0.4 is 11.5 Å². The predicted molar refractivity (Wildman–Crippen MR) is 175 cm³/mol. The lowest BCUT2D eigenvalue weighted by atomic mass is 9.72. The van der Waals surface area contributed by atoms with E-state index in [9.17, 15) is 0 Å². The molecule has 0 aromatic heterocycles. The maximum atomic E-state index is 5.79. The summed E-state index contributed by atoms with van der Waals surface area (Å²) in [5, 5.41) is 0. The Kier molecular flexibility index (Phi) is 20.9. The summed E-state index contributed by atoms with van der Waals surface area (Å²) in [5.74, 6) is 1.50. The van der Waals surface area contributed by atoms with Gasteiger partial charge in [-0.3, -0.25) is 9.80 Å². The second-order valence-electron chi connectivity index (χ2n) is 14.6. The summed E-state index contributed by atoms with van der Waals surface area (Å²) in [4.78, 5) is 5.19. The van der Waals surface area contributed by atoms with Gasteiger partial charge in [-0.25, -0.2) is 0 Å². The molecule has 0 amide bonds. The molecule has 0 aliphatic heterocycles. The normalized spacial score (nSPS) is 14.1. The fourth-order valence-electron chi connectivity index (χ4n) is 6.83. The highest BCUT2D eigenvalue weighted by Crippen LogP contribution is 2.37. The van der Waals surface area contributed by atoms with Gasteiger partial charge >= 0.3 is 0 Å². The molecule has 0 saturated heterocycles. The molecule has 0 spiro atoms. The first kappa shape index (κ1) is 40.0. The molecule has 0 fully saturated rings. The third-order valence-electron chi connectivity index (χ3n) is 9.37. The van der Waals surface area contributed by atoms with Crippen LogP contribution in [0.25, 0.3) is 0 Å². The van der Waals surface area contributed by atoms with Gasteiger partial charge in [-0.2, -0.15) is 0 Å². The van der Waals surface area contributed by atoms with Gasteiger partial charge in [-0.15, -0.1) is 0 Å². The van der Waals surface area contributed by atoms with Gasteiger partial charge in [-0.1, -0.05) is 67.7 Å². The fourth-order valence-corrected chi connectivity index (χ4v) is 6.83. The van der Waals surface area contributed by atoms with Crippen LogP contribution in [0.2, 0.25) is 0 Å². The van der Waals surface area contributed by atoms with Crippen LogP contribution in [0.15, 0.2) is 0 Å². The molecular formula is C34H76N4. The minimum Gasteiger partial charge on any atom is -0.316 e. The molecule has 1 atom stereocenters. The average Bonchev–Trinajstić information content (AvgIpc) is 2.77. The van der Waals surface area contributed by atoms with Crippen molar-refractivity contribution in [2.75, 3.05) is 13.1 Å². The van der Waals surface area contributed by atoms with Crippen LogP contribution in [-0.2, 0) is 0 Å². The van der Waals surface area contributed by atoms with Crippen LogP contribution in [0.5, 0.6) is 0 Å². The van der Waals surface area contributed by atoms with Crippen molar-refractivity contribution in [2.24, 2.45) is 34.1 Å². The first-order valence-corrected chi connectivity index (χ1v) is 16.4. The average molecular weight is 543 g/mol. The minimum atomic E-state index is -0.179. The smallest absolute Gasteiger partial charge is 0.0523 e. The van der Waals surface area contributed by atoms with Crippen LogP contribution in [0.4, 0.5) is 0 Å². The number of nitrogens with two attached hydrogens (primary N) is 2. The van der Waals surface area contributed by atoms with E-state index in [0.717, 1.165) is 18.8 Å². The standard InChI is InChI=1S/C17H39N3.C17H37N/c1-8-15(12-16(18)19)17(6,7)10-9-11-20(13(2)3)14(4)5;1-9-16(10-2)17(7,8)12-11-13-18(14(3)4)15(5)6/h13-16H,8-12,18-19H2,1-7H3;14-16H,9-13H2,1-8H3/i20+1;18+1. The van der Waals surface area contributed by atoms with Gasteiger partial charge in [-0.05, 0) is 123 Å². The molecule has 232 valence electrons. The van der Waals surface area contributed by atoms with Crippen molar-refractivity contribution in [3.63, 3.8) is 0 Å². The highest BCUT2D eigenvalue weighted by Gasteiger charge is 2.29. The SMILES string of the molecule is CCC(CC(N)N)C(C)(C)CCC[15N](C(C)C)C(C)C.CCC(CC)C(C)(C)CCC[15N](C(C)C)C(C)C. The van der Waals surface area contributed by atoms with Gasteiger partial charge in [0, 0.05) is 24.2 Å². The maximum absolute atomic E-state index is 5.79. The fraction of sp³-hybridized carbons (Fsp3) is 1.00. The Labute approximate surface area is 242 Å². The molecule has 0 rings (SSSR count). The Bertz CT molecular complexity index is 531. The highest BCUT2D eigenvalue weighted by atomic mass is 15.9. The van der Waals surface area contributed by atoms with Crippen molar-refractivity contribution in [1.29, 1.82) is 0 Å². The molecule has 0 bridgehead atoms. The van der Waals surface area contributed by atoms with Crippen molar-refractivity contribution in [3.05, 3.63) is 0 Å². The van der Waals surface area contributed by atoms with Crippen LogP contribution >= 0.6 is 0 Å². The van der Waals surface area contributed by atoms with E-state index in [0.29, 0.717) is 40.9 Å². The summed E-state index contributed by atoms with van der Waals surface area (Å²) in [5.41, 5.74) is 12.4. The van der Waals surface area contributed by atoms with Crippen molar-refractivity contribution < 1.29 is 0 Å². The van der Waals surface area contributed by atoms with Gasteiger partial charge in [0.2, 0.25) is 0 Å². The van der Waals surface area contributed by atoms with Crippen molar-refractivity contribution in [2.45, 2.75) is 186 Å². The van der Waals surface area contributed by atoms with Gasteiger partial charge in [0.25, 0.3) is 0 Å². The maximum Gasteiger partial charge on any atom is 0.0523 e. The summed E-state index contributed by atoms with van der Waals surface area (Å²) in [6.07, 6.45) is 9.74. The van der Waals surface area contributed by atoms with Crippen LogP contribution in [0.3, 0.4) is 0 Å². The van der Waals surface area contributed by atoms with Gasteiger partial charge in [0.15, 0.2) is 0 Å². The predicted octanol–water partition coefficient (Wildman–Crippen LogP) is 8.92. The second-order valence-corrected chi connectivity index (χ2v) is 14.6. The molecule has 0 aliphatic carbocycles. The highest BCUT2D eigenvalue weighted by molar-refractivity contribution is 4.81. The summed E-state index contributed by atoms with van der Waals surface area (Å²) < 4.78 is 0. The lowest BCUT2D eigenvalue weighted by Gasteiger charge is -2.37. The lowest BCUT2D eigenvalue weighted by molar-refractivity contribution is 0.132. The third kappa shape index (κ3) is 16.2. The molecule has 0 saturated carbocycles. The second kappa shape index (κ2) is 19.8. The van der Waals surface area contributed by atoms with E-state index in [-0.39, 0.29) is 6.17 Å². The van der Waals surface area contributed by atoms with Gasteiger partial charge < -0.3 is 11.5 Å². The van der Waals surface area contributed by atoms with E-state index in [1.54, 1.807) is 0 Å². The van der Waals surface area contributed by atoms with Crippen LogP contribution in [0, 0.1) is 22.7 Å². The largest absolute Gasteiger partial charge is 0.316 e. The Morgan fingerprint density at radius 3 is 1.05 bits per heavy atom. The quantitative estimate of drug-likeness (QED) is 0.126. The Balaban J connectivity index is 0. The van der Waals surface area contributed by atoms with Crippen LogP contribution in [0.1, 0.15) is 155 Å². The molecule has 4 N–H and O–H groups in total. The number of nitrogens with zero attached hydrogens (tertiary/aromatic N) is 2. The van der Waals surface area contributed by atoms with Crippen molar-refractivity contribution >= 4 is 0 Å². The molecular weight excluding hydrogens is 466 g/mol. The molecule has 38 heavy (non-hydrogen) atoms. The van der Waals surface area contributed by atoms with E-state index in [1.165, 1.54) is 51.6 Å². The van der Waals surface area contributed by atoms with E-state index < -0.39 is 0 Å². The molecule has 0 heterocycles. The Morgan fingerprint density at radius 2 is 0.816 bits per heavy atom. The number of rotatable bonds is 19. The molecule has 4 heteroatoms. The Hall–Kier alpha value is -0.160. The first-order valence-electron chi connectivity index (χ1n) is 16.4. The summed E-state index contributed by atoms with van der Waals surface area (Å²) in [6, 6.07) is 2.58. The molecule has 1 unspecified atom stereocenters. The van der Waals surface area contributed by atoms with E-state index in [1.807, 2.05) is 0 Å². The van der Waals surface area contributed by atoms with Gasteiger partial charge in [0.1, 0.15) is 0 Å². The zero-order valence-electron chi connectivity index (χ0n) is 29.2.